The molecule has 0 bridgehead atoms. The van der Waals surface area contributed by atoms with Crippen LogP contribution in [0.25, 0.3) is 33.2 Å². The zero-order valence-corrected chi connectivity index (χ0v) is 26.7. The summed E-state index contributed by atoms with van der Waals surface area (Å²) in [5, 5.41) is 1.47. The Balaban J connectivity index is 0.999. The van der Waals surface area contributed by atoms with Gasteiger partial charge in [0.05, 0.1) is 6.54 Å². The summed E-state index contributed by atoms with van der Waals surface area (Å²) in [5.74, 6) is -0.159. The summed E-state index contributed by atoms with van der Waals surface area (Å²) in [5.41, 5.74) is 12.9. The number of allylic oxidation sites excluding steroid dienone is 1. The Hall–Kier alpha value is -4.29. The maximum atomic E-state index is 13.7. The molecule has 1 amide bonds. The van der Waals surface area contributed by atoms with Crippen molar-refractivity contribution < 1.29 is 14.4 Å². The van der Waals surface area contributed by atoms with Crippen LogP contribution in [0.1, 0.15) is 68.7 Å². The molecule has 3 aliphatic rings. The molecular weight excluding hydrogens is 587 g/mol. The van der Waals surface area contributed by atoms with Crippen molar-refractivity contribution in [2.24, 2.45) is 0 Å². The van der Waals surface area contributed by atoms with E-state index in [1.807, 2.05) is 53.8 Å². The van der Waals surface area contributed by atoms with E-state index in [2.05, 4.69) is 66.7 Å². The molecule has 0 spiro atoms. The smallest absolute Gasteiger partial charge is 0.277 e. The Bertz CT molecular complexity index is 1900. The highest BCUT2D eigenvalue weighted by atomic mass is 32.1. The minimum atomic E-state index is -0.395. The molecule has 5 heteroatoms. The first-order valence-electron chi connectivity index (χ1n) is 16.5. The normalized spacial score (nSPS) is 17.0. The summed E-state index contributed by atoms with van der Waals surface area (Å²) in [6.45, 7) is 1.03. The van der Waals surface area contributed by atoms with E-state index in [4.69, 9.17) is 9.57 Å². The van der Waals surface area contributed by atoms with Gasteiger partial charge in [-0.2, -0.15) is 0 Å². The van der Waals surface area contributed by atoms with Gasteiger partial charge in [-0.05, 0) is 113 Å². The molecule has 1 saturated heterocycles. The molecule has 0 saturated carbocycles. The molecule has 0 N–H and O–H groups in total. The van der Waals surface area contributed by atoms with Crippen LogP contribution in [0.3, 0.4) is 0 Å². The fourth-order valence-corrected chi connectivity index (χ4v) is 8.14. The molecule has 1 aromatic heterocycles. The Morgan fingerprint density at radius 3 is 2.41 bits per heavy atom. The number of ether oxygens (including phenoxy) is 1. The van der Waals surface area contributed by atoms with Crippen molar-refractivity contribution in [2.75, 3.05) is 6.61 Å². The van der Waals surface area contributed by atoms with Crippen molar-refractivity contribution in [2.45, 2.75) is 57.8 Å². The quantitative estimate of drug-likeness (QED) is 0.169. The van der Waals surface area contributed by atoms with Crippen LogP contribution in [0.5, 0.6) is 0 Å². The molecule has 4 nitrogen and oxygen atoms in total. The fraction of sp³-hybridized carbons (Fsp3) is 0.244. The van der Waals surface area contributed by atoms with Crippen LogP contribution in [0.4, 0.5) is 0 Å². The van der Waals surface area contributed by atoms with Gasteiger partial charge in [0.1, 0.15) is 0 Å². The molecule has 4 aromatic carbocycles. The number of fused-ring (bicyclic) bond motifs is 5. The lowest BCUT2D eigenvalue weighted by molar-refractivity contribution is -0.270. The summed E-state index contributed by atoms with van der Waals surface area (Å²) in [7, 11) is 0. The van der Waals surface area contributed by atoms with Crippen LogP contribution in [0.2, 0.25) is 0 Å². The summed E-state index contributed by atoms with van der Waals surface area (Å²) in [4.78, 5) is 22.3. The summed E-state index contributed by atoms with van der Waals surface area (Å²) < 4.78 is 5.80. The lowest BCUT2D eigenvalue weighted by Crippen LogP contribution is -2.37. The number of carbonyl (C=O) groups is 1. The third-order valence-electron chi connectivity index (χ3n) is 9.51. The highest BCUT2D eigenvalue weighted by Crippen LogP contribution is 2.42. The molecule has 5 aromatic rings. The third kappa shape index (κ3) is 5.87. The van der Waals surface area contributed by atoms with Gasteiger partial charge in [-0.1, -0.05) is 84.9 Å². The molecule has 8 rings (SSSR count). The van der Waals surface area contributed by atoms with Gasteiger partial charge in [0, 0.05) is 28.3 Å². The van der Waals surface area contributed by atoms with E-state index in [0.29, 0.717) is 18.7 Å². The number of rotatable bonds is 7. The number of carbonyl (C=O) groups excluding carboxylic acids is 1. The highest BCUT2D eigenvalue weighted by Gasteiger charge is 2.25. The summed E-state index contributed by atoms with van der Waals surface area (Å²) in [6.07, 6.45) is 9.27. The van der Waals surface area contributed by atoms with E-state index in [1.165, 1.54) is 48.2 Å². The number of amides is 1. The lowest BCUT2D eigenvalue weighted by atomic mass is 9.78. The molecular formula is C41H37NO3S. The SMILES string of the molecule is O=C(c1ccc(-c2ccc(C3=Cc4ccc5c(c4CC3)CCc3ccccc3-5)s2)cc1)N(Cc1ccccc1)OC1CCCCO1. The van der Waals surface area contributed by atoms with Gasteiger partial charge >= 0.3 is 0 Å². The maximum absolute atomic E-state index is 13.7. The first kappa shape index (κ1) is 29.1. The van der Waals surface area contributed by atoms with Crippen molar-refractivity contribution in [1.82, 2.24) is 5.06 Å². The van der Waals surface area contributed by atoms with Gasteiger partial charge < -0.3 is 4.74 Å². The van der Waals surface area contributed by atoms with E-state index in [0.717, 1.165) is 56.1 Å². The van der Waals surface area contributed by atoms with Crippen LogP contribution in [-0.4, -0.2) is 23.9 Å². The number of benzene rings is 4. The van der Waals surface area contributed by atoms with Crippen molar-refractivity contribution >= 4 is 28.9 Å². The predicted molar refractivity (Wildman–Crippen MR) is 186 cm³/mol. The standard InChI is InChI=1S/C41H37NO3S/c43-41(42(27-28-8-2-1-3-9-28)45-40-12-6-7-25-44-40)31-15-13-30(14-16-31)38-23-24-39(46-38)33-19-20-35-32(26-33)18-22-36-34-11-5-4-10-29(34)17-21-37(35)36/h1-5,8-11,13-16,18,22-24,26,40H,6-7,12,17,19-21,25,27H2. The zero-order valence-electron chi connectivity index (χ0n) is 25.9. The first-order chi connectivity index (χ1) is 22.7. The Labute approximate surface area is 274 Å². The largest absolute Gasteiger partial charge is 0.350 e. The molecule has 46 heavy (non-hydrogen) atoms. The van der Waals surface area contributed by atoms with Crippen LogP contribution in [-0.2, 0) is 35.4 Å². The molecule has 230 valence electrons. The predicted octanol–water partition coefficient (Wildman–Crippen LogP) is 9.77. The molecule has 2 heterocycles. The van der Waals surface area contributed by atoms with Gasteiger partial charge in [-0.25, -0.2) is 9.90 Å². The number of nitrogens with zero attached hydrogens (tertiary/aromatic N) is 1. The zero-order chi connectivity index (χ0) is 30.9. The van der Waals surface area contributed by atoms with Gasteiger partial charge in [0.25, 0.3) is 5.91 Å². The number of hydrogen-bond donors (Lipinski definition) is 0. The van der Waals surface area contributed by atoms with Crippen molar-refractivity contribution in [1.29, 1.82) is 0 Å². The van der Waals surface area contributed by atoms with E-state index in [-0.39, 0.29) is 5.91 Å². The molecule has 2 aliphatic carbocycles. The molecule has 1 atom stereocenters. The number of hydrogen-bond acceptors (Lipinski definition) is 4. The van der Waals surface area contributed by atoms with Crippen LogP contribution >= 0.6 is 11.3 Å². The Morgan fingerprint density at radius 2 is 1.57 bits per heavy atom. The topological polar surface area (TPSA) is 38.8 Å². The summed E-state index contributed by atoms with van der Waals surface area (Å²) in [6, 6.07) is 35.9. The van der Waals surface area contributed by atoms with E-state index in [9.17, 15) is 4.79 Å². The minimum absolute atomic E-state index is 0.159. The molecule has 0 radical (unpaired) electrons. The fourth-order valence-electron chi connectivity index (χ4n) is 7.08. The van der Waals surface area contributed by atoms with E-state index in [1.54, 1.807) is 5.56 Å². The van der Waals surface area contributed by atoms with Gasteiger partial charge in [-0.3, -0.25) is 4.79 Å². The van der Waals surface area contributed by atoms with Gasteiger partial charge in [0.15, 0.2) is 6.29 Å². The average molecular weight is 624 g/mol. The van der Waals surface area contributed by atoms with E-state index < -0.39 is 6.29 Å². The molecule has 1 unspecified atom stereocenters. The maximum Gasteiger partial charge on any atom is 0.277 e. The number of thiophene rings is 1. The molecule has 1 aliphatic heterocycles. The monoisotopic (exact) mass is 623 g/mol. The van der Waals surface area contributed by atoms with Crippen LogP contribution in [0, 0.1) is 0 Å². The van der Waals surface area contributed by atoms with E-state index >= 15 is 0 Å². The van der Waals surface area contributed by atoms with Gasteiger partial charge in [-0.15, -0.1) is 11.3 Å². The average Bonchev–Trinajstić information content (AvgIpc) is 3.62. The van der Waals surface area contributed by atoms with Crippen molar-refractivity contribution in [3.8, 4) is 21.6 Å². The van der Waals surface area contributed by atoms with Crippen LogP contribution in [0.15, 0.2) is 103 Å². The second-order valence-corrected chi connectivity index (χ2v) is 13.5. The number of aryl methyl sites for hydroxylation is 1. The van der Waals surface area contributed by atoms with Crippen molar-refractivity contribution in [3.63, 3.8) is 0 Å². The number of hydroxylamine groups is 2. The van der Waals surface area contributed by atoms with Crippen molar-refractivity contribution in [3.05, 3.63) is 141 Å². The lowest BCUT2D eigenvalue weighted by Gasteiger charge is -2.29. The molecule has 1 fully saturated rings. The summed E-state index contributed by atoms with van der Waals surface area (Å²) >= 11 is 1.83. The van der Waals surface area contributed by atoms with Gasteiger partial charge in [0.2, 0.25) is 0 Å². The Morgan fingerprint density at radius 1 is 0.761 bits per heavy atom. The second kappa shape index (κ2) is 12.8. The Kier molecular flexibility index (Phi) is 8.13. The highest BCUT2D eigenvalue weighted by molar-refractivity contribution is 7.16. The third-order valence-corrected chi connectivity index (χ3v) is 10.7. The second-order valence-electron chi connectivity index (χ2n) is 12.5. The minimum Gasteiger partial charge on any atom is -0.350 e. The first-order valence-corrected chi connectivity index (χ1v) is 17.3. The van der Waals surface area contributed by atoms with Crippen LogP contribution < -0.4 is 0 Å².